The smallest absolute Gasteiger partial charge is 0.193 e. The van der Waals surface area contributed by atoms with Crippen LogP contribution in [0.1, 0.15) is 21.5 Å². The highest BCUT2D eigenvalue weighted by molar-refractivity contribution is 7.98. The van der Waals surface area contributed by atoms with Crippen LogP contribution in [0.25, 0.3) is 0 Å². The predicted molar refractivity (Wildman–Crippen MR) is 72.8 cm³/mol. The van der Waals surface area contributed by atoms with Gasteiger partial charge in [0.05, 0.1) is 0 Å². The summed E-state index contributed by atoms with van der Waals surface area (Å²) < 4.78 is 13.1. The maximum Gasteiger partial charge on any atom is 0.193 e. The van der Waals surface area contributed by atoms with Gasteiger partial charge in [0.2, 0.25) is 0 Å². The van der Waals surface area contributed by atoms with E-state index in [0.29, 0.717) is 16.7 Å². The number of rotatable bonds is 3. The molecule has 0 aliphatic rings. The number of halogens is 1. The van der Waals surface area contributed by atoms with Crippen LogP contribution in [-0.2, 0) is 0 Å². The summed E-state index contributed by atoms with van der Waals surface area (Å²) >= 11 is 1.63. The SMILES string of the molecule is CSc1ccc(C(=O)c2ccc(F)c(C)c2)cc1. The normalized spacial score (nSPS) is 10.4. The lowest BCUT2D eigenvalue weighted by molar-refractivity contribution is 0.103. The van der Waals surface area contributed by atoms with Gasteiger partial charge in [-0.2, -0.15) is 0 Å². The summed E-state index contributed by atoms with van der Waals surface area (Å²) in [6.45, 7) is 1.66. The largest absolute Gasteiger partial charge is 0.289 e. The van der Waals surface area contributed by atoms with Crippen molar-refractivity contribution in [2.75, 3.05) is 6.26 Å². The molecule has 0 aliphatic heterocycles. The van der Waals surface area contributed by atoms with Crippen LogP contribution in [0.15, 0.2) is 47.4 Å². The molecule has 0 N–H and O–H groups in total. The zero-order valence-electron chi connectivity index (χ0n) is 10.2. The Labute approximate surface area is 110 Å². The average molecular weight is 260 g/mol. The van der Waals surface area contributed by atoms with Gasteiger partial charge in [0.1, 0.15) is 5.82 Å². The van der Waals surface area contributed by atoms with Crippen molar-refractivity contribution in [3.63, 3.8) is 0 Å². The Hall–Kier alpha value is -1.61. The van der Waals surface area contributed by atoms with Crippen molar-refractivity contribution in [2.24, 2.45) is 0 Å². The van der Waals surface area contributed by atoms with E-state index in [1.807, 2.05) is 18.4 Å². The molecular formula is C15H13FOS. The summed E-state index contributed by atoms with van der Waals surface area (Å²) in [4.78, 5) is 13.3. The molecule has 2 rings (SSSR count). The third-order valence-electron chi connectivity index (χ3n) is 2.77. The van der Waals surface area contributed by atoms with E-state index in [-0.39, 0.29) is 11.6 Å². The fourth-order valence-corrected chi connectivity index (χ4v) is 2.10. The minimum Gasteiger partial charge on any atom is -0.289 e. The van der Waals surface area contributed by atoms with Gasteiger partial charge in [0.25, 0.3) is 0 Å². The van der Waals surface area contributed by atoms with Crippen LogP contribution < -0.4 is 0 Å². The molecule has 0 fully saturated rings. The third kappa shape index (κ3) is 2.62. The van der Waals surface area contributed by atoms with Crippen LogP contribution in [0, 0.1) is 12.7 Å². The fraction of sp³-hybridized carbons (Fsp3) is 0.133. The molecule has 0 aromatic heterocycles. The fourth-order valence-electron chi connectivity index (χ4n) is 1.69. The standard InChI is InChI=1S/C15H13FOS/c1-10-9-12(5-8-14(10)16)15(17)11-3-6-13(18-2)7-4-11/h3-9H,1-2H3. The molecule has 0 heterocycles. The number of hydrogen-bond acceptors (Lipinski definition) is 2. The first-order valence-corrected chi connectivity index (χ1v) is 6.79. The molecule has 2 aromatic carbocycles. The number of ketones is 1. The maximum absolute atomic E-state index is 13.1. The zero-order chi connectivity index (χ0) is 13.1. The summed E-state index contributed by atoms with van der Waals surface area (Å²) in [5, 5.41) is 0. The summed E-state index contributed by atoms with van der Waals surface area (Å²) in [5.41, 5.74) is 1.63. The van der Waals surface area contributed by atoms with Gasteiger partial charge in [0, 0.05) is 16.0 Å². The molecule has 1 nitrogen and oxygen atoms in total. The molecule has 18 heavy (non-hydrogen) atoms. The monoisotopic (exact) mass is 260 g/mol. The summed E-state index contributed by atoms with van der Waals surface area (Å²) in [7, 11) is 0. The van der Waals surface area contributed by atoms with E-state index in [2.05, 4.69) is 0 Å². The Morgan fingerprint density at radius 1 is 1.06 bits per heavy atom. The van der Waals surface area contributed by atoms with Crippen molar-refractivity contribution in [1.29, 1.82) is 0 Å². The molecule has 0 atom stereocenters. The first kappa shape index (κ1) is 12.8. The van der Waals surface area contributed by atoms with E-state index in [9.17, 15) is 9.18 Å². The zero-order valence-corrected chi connectivity index (χ0v) is 11.1. The first-order valence-electron chi connectivity index (χ1n) is 5.56. The van der Waals surface area contributed by atoms with Crippen LogP contribution in [0.3, 0.4) is 0 Å². The summed E-state index contributed by atoms with van der Waals surface area (Å²) in [6, 6.07) is 11.9. The van der Waals surface area contributed by atoms with Crippen LogP contribution >= 0.6 is 11.8 Å². The molecule has 0 spiro atoms. The Kier molecular flexibility index (Phi) is 3.82. The lowest BCUT2D eigenvalue weighted by Crippen LogP contribution is -2.02. The lowest BCUT2D eigenvalue weighted by atomic mass is 10.0. The lowest BCUT2D eigenvalue weighted by Gasteiger charge is -2.04. The number of carbonyl (C=O) groups excluding carboxylic acids is 1. The number of carbonyl (C=O) groups is 1. The van der Waals surface area contributed by atoms with Gasteiger partial charge in [-0.25, -0.2) is 4.39 Å². The van der Waals surface area contributed by atoms with Crippen LogP contribution in [0.4, 0.5) is 4.39 Å². The third-order valence-corrected chi connectivity index (χ3v) is 3.52. The van der Waals surface area contributed by atoms with Crippen LogP contribution in [-0.4, -0.2) is 12.0 Å². The first-order chi connectivity index (χ1) is 8.61. The summed E-state index contributed by atoms with van der Waals surface area (Å²) in [6.07, 6.45) is 1.99. The Balaban J connectivity index is 2.32. The van der Waals surface area contributed by atoms with Gasteiger partial charge < -0.3 is 0 Å². The molecule has 2 aromatic rings. The Morgan fingerprint density at radius 3 is 2.22 bits per heavy atom. The molecule has 0 unspecified atom stereocenters. The quantitative estimate of drug-likeness (QED) is 0.611. The molecule has 92 valence electrons. The van der Waals surface area contributed by atoms with Gasteiger partial charge >= 0.3 is 0 Å². The molecule has 3 heteroatoms. The van der Waals surface area contributed by atoms with Crippen molar-refractivity contribution in [1.82, 2.24) is 0 Å². The van der Waals surface area contributed by atoms with Crippen LogP contribution in [0.2, 0.25) is 0 Å². The Morgan fingerprint density at radius 2 is 1.67 bits per heavy atom. The second-order valence-electron chi connectivity index (χ2n) is 4.02. The molecular weight excluding hydrogens is 247 g/mol. The minimum absolute atomic E-state index is 0.0780. The average Bonchev–Trinajstić information content (AvgIpc) is 2.41. The maximum atomic E-state index is 13.1. The highest BCUT2D eigenvalue weighted by Gasteiger charge is 2.10. The van der Waals surface area contributed by atoms with E-state index >= 15 is 0 Å². The van der Waals surface area contributed by atoms with E-state index in [0.717, 1.165) is 4.90 Å². The van der Waals surface area contributed by atoms with Crippen LogP contribution in [0.5, 0.6) is 0 Å². The molecule has 0 radical (unpaired) electrons. The number of aryl methyl sites for hydroxylation is 1. The topological polar surface area (TPSA) is 17.1 Å². The van der Waals surface area contributed by atoms with Crippen molar-refractivity contribution in [3.8, 4) is 0 Å². The molecule has 0 saturated carbocycles. The van der Waals surface area contributed by atoms with Crippen molar-refractivity contribution in [2.45, 2.75) is 11.8 Å². The van der Waals surface area contributed by atoms with Gasteiger partial charge in [-0.1, -0.05) is 0 Å². The number of thioether (sulfide) groups is 1. The van der Waals surface area contributed by atoms with Gasteiger partial charge in [-0.15, -0.1) is 11.8 Å². The number of benzene rings is 2. The minimum atomic E-state index is -0.288. The van der Waals surface area contributed by atoms with Crippen molar-refractivity contribution < 1.29 is 9.18 Å². The molecule has 0 aliphatic carbocycles. The predicted octanol–water partition coefficient (Wildman–Crippen LogP) is 4.09. The van der Waals surface area contributed by atoms with Crippen molar-refractivity contribution >= 4 is 17.5 Å². The van der Waals surface area contributed by atoms with Gasteiger partial charge in [-0.05, 0) is 61.2 Å². The molecule has 0 bridgehead atoms. The molecule has 0 saturated heterocycles. The summed E-state index contributed by atoms with van der Waals surface area (Å²) in [5.74, 6) is -0.366. The number of hydrogen-bond donors (Lipinski definition) is 0. The van der Waals surface area contributed by atoms with Gasteiger partial charge in [0.15, 0.2) is 5.78 Å². The van der Waals surface area contributed by atoms with E-state index in [4.69, 9.17) is 0 Å². The van der Waals surface area contributed by atoms with E-state index in [1.165, 1.54) is 12.1 Å². The van der Waals surface area contributed by atoms with Crippen molar-refractivity contribution in [3.05, 3.63) is 65.0 Å². The second-order valence-corrected chi connectivity index (χ2v) is 4.90. The Bertz CT molecular complexity index is 576. The molecule has 0 amide bonds. The van der Waals surface area contributed by atoms with E-state index in [1.54, 1.807) is 36.9 Å². The van der Waals surface area contributed by atoms with Gasteiger partial charge in [-0.3, -0.25) is 4.79 Å². The highest BCUT2D eigenvalue weighted by Crippen LogP contribution is 2.18. The second kappa shape index (κ2) is 5.36. The highest BCUT2D eigenvalue weighted by atomic mass is 32.2. The van der Waals surface area contributed by atoms with E-state index < -0.39 is 0 Å².